The van der Waals surface area contributed by atoms with Crippen LogP contribution in [0.25, 0.3) is 10.9 Å². The topological polar surface area (TPSA) is 124 Å². The Morgan fingerprint density at radius 2 is 1.75 bits per heavy atom. The molecule has 1 aromatic heterocycles. The minimum atomic E-state index is -3.57. The fourth-order valence-corrected chi connectivity index (χ4v) is 3.42. The number of amides is 1. The van der Waals surface area contributed by atoms with Gasteiger partial charge in [0, 0.05) is 19.5 Å². The normalized spacial score (nSPS) is 11.5. The van der Waals surface area contributed by atoms with E-state index in [0.717, 1.165) is 5.56 Å². The molecule has 0 saturated heterocycles. The average Bonchev–Trinajstić information content (AvgIpc) is 2.66. The molecule has 0 aliphatic rings. The minimum Gasteiger partial charge on any atom is -0.352 e. The Balaban J connectivity index is 1.54. The number of aromatic nitrogens is 2. The molecule has 0 unspecified atom stereocenters. The van der Waals surface area contributed by atoms with E-state index in [4.69, 9.17) is 5.14 Å². The van der Waals surface area contributed by atoms with E-state index in [0.29, 0.717) is 23.0 Å². The number of hydrogen-bond acceptors (Lipinski definition) is 5. The number of aryl methyl sites for hydroxylation is 1. The number of sulfonamides is 1. The maximum atomic E-state index is 12.4. The van der Waals surface area contributed by atoms with Crippen molar-refractivity contribution in [2.75, 3.05) is 0 Å². The zero-order valence-electron chi connectivity index (χ0n) is 15.0. The van der Waals surface area contributed by atoms with Gasteiger partial charge in [0.2, 0.25) is 15.9 Å². The second kappa shape index (κ2) is 8.32. The number of benzene rings is 2. The molecule has 0 fully saturated rings. The van der Waals surface area contributed by atoms with Gasteiger partial charge in [0.25, 0.3) is 5.56 Å². The molecule has 9 heteroatoms. The maximum Gasteiger partial charge on any atom is 0.261 e. The van der Waals surface area contributed by atoms with Crippen molar-refractivity contribution in [2.24, 2.45) is 5.14 Å². The van der Waals surface area contributed by atoms with Gasteiger partial charge >= 0.3 is 0 Å². The van der Waals surface area contributed by atoms with E-state index in [1.807, 2.05) is 6.07 Å². The fraction of sp³-hybridized carbons (Fsp3) is 0.211. The van der Waals surface area contributed by atoms with Crippen LogP contribution < -0.4 is 16.0 Å². The van der Waals surface area contributed by atoms with Crippen LogP contribution in [0.3, 0.4) is 0 Å². The highest BCUT2D eigenvalue weighted by atomic mass is 32.2. The van der Waals surface area contributed by atoms with Gasteiger partial charge in [-0.25, -0.2) is 18.5 Å². The Morgan fingerprint density at radius 1 is 1.07 bits per heavy atom. The summed E-state index contributed by atoms with van der Waals surface area (Å²) in [4.78, 5) is 28.7. The van der Waals surface area contributed by atoms with E-state index in [-0.39, 0.29) is 30.2 Å². The Bertz CT molecular complexity index is 1150. The zero-order valence-corrected chi connectivity index (χ0v) is 15.9. The zero-order chi connectivity index (χ0) is 20.1. The van der Waals surface area contributed by atoms with Crippen LogP contribution in [0.2, 0.25) is 0 Å². The molecule has 0 spiro atoms. The Morgan fingerprint density at radius 3 is 2.46 bits per heavy atom. The summed E-state index contributed by atoms with van der Waals surface area (Å²) in [5.41, 5.74) is 1.86. The standard InChI is InChI=1S/C19H20N4O4S/c20-28(26,27)12-15-7-5-14(6-8-15)11-21-18(24)9-10-23-13-22-17-4-2-1-3-16(17)19(23)25/h1-8,13H,9-12H2,(H,21,24)(H2,20,26,27). The summed E-state index contributed by atoms with van der Waals surface area (Å²) in [6.45, 7) is 0.537. The highest BCUT2D eigenvalue weighted by Crippen LogP contribution is 2.07. The molecule has 3 aromatic rings. The summed E-state index contributed by atoms with van der Waals surface area (Å²) in [7, 11) is -3.57. The summed E-state index contributed by atoms with van der Waals surface area (Å²) in [5.74, 6) is -0.428. The minimum absolute atomic E-state index is 0.142. The lowest BCUT2D eigenvalue weighted by atomic mass is 10.1. The SMILES string of the molecule is NS(=O)(=O)Cc1ccc(CNC(=O)CCn2cnc3ccccc3c2=O)cc1. The van der Waals surface area contributed by atoms with Gasteiger partial charge in [0.05, 0.1) is 23.0 Å². The van der Waals surface area contributed by atoms with Crippen molar-refractivity contribution in [2.45, 2.75) is 25.3 Å². The summed E-state index contributed by atoms with van der Waals surface area (Å²) < 4.78 is 23.6. The first-order valence-corrected chi connectivity index (χ1v) is 10.3. The van der Waals surface area contributed by atoms with Crippen molar-refractivity contribution in [3.8, 4) is 0 Å². The van der Waals surface area contributed by atoms with E-state index in [9.17, 15) is 18.0 Å². The number of hydrogen-bond donors (Lipinski definition) is 2. The monoisotopic (exact) mass is 400 g/mol. The molecular weight excluding hydrogens is 380 g/mol. The summed E-state index contributed by atoms with van der Waals surface area (Å²) in [6, 6.07) is 13.9. The van der Waals surface area contributed by atoms with E-state index >= 15 is 0 Å². The number of nitrogens with one attached hydrogen (secondary N) is 1. The lowest BCUT2D eigenvalue weighted by Crippen LogP contribution is -2.27. The van der Waals surface area contributed by atoms with E-state index in [1.54, 1.807) is 42.5 Å². The number of nitrogens with zero attached hydrogens (tertiary/aromatic N) is 2. The third kappa shape index (κ3) is 5.24. The van der Waals surface area contributed by atoms with Crippen LogP contribution in [0.5, 0.6) is 0 Å². The van der Waals surface area contributed by atoms with Gasteiger partial charge in [-0.1, -0.05) is 36.4 Å². The summed E-state index contributed by atoms with van der Waals surface area (Å²) >= 11 is 0. The van der Waals surface area contributed by atoms with Crippen molar-refractivity contribution >= 4 is 26.8 Å². The molecule has 1 heterocycles. The number of carbonyl (C=O) groups is 1. The second-order valence-electron chi connectivity index (χ2n) is 6.41. The molecule has 3 rings (SSSR count). The lowest BCUT2D eigenvalue weighted by molar-refractivity contribution is -0.121. The molecule has 0 aliphatic carbocycles. The third-order valence-corrected chi connectivity index (χ3v) is 4.93. The maximum absolute atomic E-state index is 12.4. The molecule has 0 radical (unpaired) electrons. The molecule has 0 atom stereocenters. The van der Waals surface area contributed by atoms with Crippen molar-refractivity contribution in [3.05, 3.63) is 76.3 Å². The van der Waals surface area contributed by atoms with Crippen molar-refractivity contribution in [1.82, 2.24) is 14.9 Å². The number of fused-ring (bicyclic) bond motifs is 1. The quantitative estimate of drug-likeness (QED) is 0.609. The first-order chi connectivity index (χ1) is 13.3. The molecule has 0 saturated carbocycles. The van der Waals surface area contributed by atoms with Gasteiger partial charge in [-0.05, 0) is 23.3 Å². The van der Waals surface area contributed by atoms with Crippen LogP contribution in [-0.4, -0.2) is 23.9 Å². The molecular formula is C19H20N4O4S. The second-order valence-corrected chi connectivity index (χ2v) is 8.03. The van der Waals surface area contributed by atoms with Gasteiger partial charge in [-0.3, -0.25) is 14.2 Å². The number of nitrogens with two attached hydrogens (primary N) is 1. The molecule has 1 amide bonds. The molecule has 8 nitrogen and oxygen atoms in total. The Labute approximate surface area is 162 Å². The molecule has 2 aromatic carbocycles. The Hall–Kier alpha value is -3.04. The van der Waals surface area contributed by atoms with Gasteiger partial charge in [-0.2, -0.15) is 0 Å². The predicted octanol–water partition coefficient (Wildman–Crippen LogP) is 0.891. The van der Waals surface area contributed by atoms with Crippen LogP contribution in [0.4, 0.5) is 0 Å². The molecule has 28 heavy (non-hydrogen) atoms. The molecule has 146 valence electrons. The van der Waals surface area contributed by atoms with Crippen LogP contribution >= 0.6 is 0 Å². The first kappa shape index (κ1) is 19.7. The summed E-state index contributed by atoms with van der Waals surface area (Å²) in [6.07, 6.45) is 1.59. The molecule has 0 bridgehead atoms. The van der Waals surface area contributed by atoms with Crippen molar-refractivity contribution < 1.29 is 13.2 Å². The van der Waals surface area contributed by atoms with Crippen molar-refractivity contribution in [1.29, 1.82) is 0 Å². The highest BCUT2D eigenvalue weighted by molar-refractivity contribution is 7.88. The number of carbonyl (C=O) groups excluding carboxylic acids is 1. The Kier molecular flexibility index (Phi) is 5.86. The highest BCUT2D eigenvalue weighted by Gasteiger charge is 2.07. The van der Waals surface area contributed by atoms with Gasteiger partial charge < -0.3 is 5.32 Å². The molecule has 0 aliphatic heterocycles. The number of rotatable bonds is 7. The van der Waals surface area contributed by atoms with E-state index in [2.05, 4.69) is 10.3 Å². The van der Waals surface area contributed by atoms with Crippen LogP contribution in [0, 0.1) is 0 Å². The lowest BCUT2D eigenvalue weighted by Gasteiger charge is -2.08. The third-order valence-electron chi connectivity index (χ3n) is 4.19. The van der Waals surface area contributed by atoms with Crippen LogP contribution in [-0.2, 0) is 33.7 Å². The smallest absolute Gasteiger partial charge is 0.261 e. The van der Waals surface area contributed by atoms with Crippen molar-refractivity contribution in [3.63, 3.8) is 0 Å². The van der Waals surface area contributed by atoms with E-state index in [1.165, 1.54) is 10.9 Å². The predicted molar refractivity (Wildman–Crippen MR) is 106 cm³/mol. The van der Waals surface area contributed by atoms with Gasteiger partial charge in [0.15, 0.2) is 0 Å². The average molecular weight is 400 g/mol. The largest absolute Gasteiger partial charge is 0.352 e. The number of para-hydroxylation sites is 1. The molecule has 3 N–H and O–H groups in total. The first-order valence-electron chi connectivity index (χ1n) is 8.61. The van der Waals surface area contributed by atoms with Crippen LogP contribution in [0.1, 0.15) is 17.5 Å². The summed E-state index contributed by atoms with van der Waals surface area (Å²) in [5, 5.41) is 8.31. The van der Waals surface area contributed by atoms with E-state index < -0.39 is 10.0 Å². The number of primary sulfonamides is 1. The van der Waals surface area contributed by atoms with Crippen LogP contribution in [0.15, 0.2) is 59.7 Å². The fourth-order valence-electron chi connectivity index (χ4n) is 2.76. The van der Waals surface area contributed by atoms with Gasteiger partial charge in [0.1, 0.15) is 0 Å². The van der Waals surface area contributed by atoms with Gasteiger partial charge in [-0.15, -0.1) is 0 Å².